The van der Waals surface area contributed by atoms with E-state index in [9.17, 15) is 4.79 Å². The number of piperidine rings is 1. The van der Waals surface area contributed by atoms with E-state index in [0.717, 1.165) is 51.5 Å². The summed E-state index contributed by atoms with van der Waals surface area (Å²) in [5, 5.41) is 0. The minimum absolute atomic E-state index is 0.132. The first-order chi connectivity index (χ1) is 10.5. The summed E-state index contributed by atoms with van der Waals surface area (Å²) in [5.74, 6) is 1.11. The summed E-state index contributed by atoms with van der Waals surface area (Å²) in [6, 6.07) is -0.342. The van der Waals surface area contributed by atoms with Crippen molar-refractivity contribution in [3.63, 3.8) is 0 Å². The number of likely N-dealkylation sites (tertiary alicyclic amines) is 1. The molecule has 1 saturated heterocycles. The summed E-state index contributed by atoms with van der Waals surface area (Å²) in [6.07, 6.45) is 4.73. The SMILES string of the molecule is COCCN(C)CCCC1CCN(C(=O)[C@@H](N)C(C)C)CC1. The van der Waals surface area contributed by atoms with Crippen LogP contribution in [0.25, 0.3) is 0 Å². The van der Waals surface area contributed by atoms with Crippen molar-refractivity contribution in [2.75, 3.05) is 46.9 Å². The average molecular weight is 313 g/mol. The lowest BCUT2D eigenvalue weighted by atomic mass is 9.91. The molecule has 1 fully saturated rings. The van der Waals surface area contributed by atoms with Gasteiger partial charge in [0.2, 0.25) is 5.91 Å². The zero-order valence-corrected chi connectivity index (χ0v) is 14.9. The fourth-order valence-electron chi connectivity index (χ4n) is 2.95. The van der Waals surface area contributed by atoms with Crippen molar-refractivity contribution >= 4 is 5.91 Å². The zero-order chi connectivity index (χ0) is 16.5. The maximum absolute atomic E-state index is 12.2. The van der Waals surface area contributed by atoms with Crippen molar-refractivity contribution < 1.29 is 9.53 Å². The number of nitrogens with two attached hydrogens (primary N) is 1. The number of carbonyl (C=O) groups is 1. The number of amides is 1. The van der Waals surface area contributed by atoms with Gasteiger partial charge in [0.25, 0.3) is 0 Å². The summed E-state index contributed by atoms with van der Waals surface area (Å²) >= 11 is 0. The van der Waals surface area contributed by atoms with Gasteiger partial charge in [-0.3, -0.25) is 4.79 Å². The summed E-state index contributed by atoms with van der Waals surface area (Å²) in [7, 11) is 3.89. The van der Waals surface area contributed by atoms with E-state index in [4.69, 9.17) is 10.5 Å². The third-order valence-corrected chi connectivity index (χ3v) is 4.76. The quantitative estimate of drug-likeness (QED) is 0.702. The van der Waals surface area contributed by atoms with Crippen molar-refractivity contribution in [2.24, 2.45) is 17.6 Å². The van der Waals surface area contributed by atoms with Crippen LogP contribution in [-0.2, 0) is 9.53 Å². The van der Waals surface area contributed by atoms with Crippen LogP contribution in [-0.4, -0.2) is 68.7 Å². The van der Waals surface area contributed by atoms with Crippen molar-refractivity contribution in [1.82, 2.24) is 9.80 Å². The van der Waals surface area contributed by atoms with Gasteiger partial charge in [-0.1, -0.05) is 13.8 Å². The smallest absolute Gasteiger partial charge is 0.239 e. The van der Waals surface area contributed by atoms with E-state index in [1.165, 1.54) is 12.8 Å². The number of carbonyl (C=O) groups excluding carboxylic acids is 1. The Morgan fingerprint density at radius 3 is 2.50 bits per heavy atom. The van der Waals surface area contributed by atoms with Crippen LogP contribution in [0.1, 0.15) is 39.5 Å². The minimum Gasteiger partial charge on any atom is -0.383 e. The molecule has 0 unspecified atom stereocenters. The maximum atomic E-state index is 12.2. The topological polar surface area (TPSA) is 58.8 Å². The molecule has 0 aromatic heterocycles. The lowest BCUT2D eigenvalue weighted by Crippen LogP contribution is -2.49. The second kappa shape index (κ2) is 10.2. The lowest BCUT2D eigenvalue weighted by Gasteiger charge is -2.34. The third-order valence-electron chi connectivity index (χ3n) is 4.76. The summed E-state index contributed by atoms with van der Waals surface area (Å²) in [4.78, 5) is 16.5. The number of methoxy groups -OCH3 is 1. The maximum Gasteiger partial charge on any atom is 0.239 e. The van der Waals surface area contributed by atoms with Crippen LogP contribution in [0.5, 0.6) is 0 Å². The van der Waals surface area contributed by atoms with Crippen LogP contribution in [0.15, 0.2) is 0 Å². The molecular weight excluding hydrogens is 278 g/mol. The first-order valence-electron chi connectivity index (χ1n) is 8.67. The summed E-state index contributed by atoms with van der Waals surface area (Å²) in [5.41, 5.74) is 5.97. The van der Waals surface area contributed by atoms with Crippen LogP contribution in [0.4, 0.5) is 0 Å². The Morgan fingerprint density at radius 1 is 1.32 bits per heavy atom. The number of rotatable bonds is 9. The summed E-state index contributed by atoms with van der Waals surface area (Å²) < 4.78 is 5.09. The fraction of sp³-hybridized carbons (Fsp3) is 0.941. The molecular formula is C17H35N3O2. The molecule has 0 saturated carbocycles. The molecule has 2 N–H and O–H groups in total. The first kappa shape index (κ1) is 19.4. The van der Waals surface area contributed by atoms with E-state index < -0.39 is 0 Å². The van der Waals surface area contributed by atoms with Gasteiger partial charge in [0.1, 0.15) is 0 Å². The van der Waals surface area contributed by atoms with Crippen LogP contribution >= 0.6 is 0 Å². The van der Waals surface area contributed by atoms with Gasteiger partial charge in [0.15, 0.2) is 0 Å². The standard InChI is InChI=1S/C17H35N3O2/c1-14(2)16(18)17(21)20-10-7-15(8-11-20)6-5-9-19(3)12-13-22-4/h14-16H,5-13,18H2,1-4H3/t16-/m0/s1. The normalized spacial score (nSPS) is 18.2. The largest absolute Gasteiger partial charge is 0.383 e. The van der Waals surface area contributed by atoms with Crippen molar-refractivity contribution in [2.45, 2.75) is 45.6 Å². The molecule has 1 aliphatic rings. The molecule has 0 aromatic rings. The molecule has 1 rings (SSSR count). The van der Waals surface area contributed by atoms with Crippen LogP contribution in [0.2, 0.25) is 0 Å². The molecule has 0 bridgehead atoms. The highest BCUT2D eigenvalue weighted by atomic mass is 16.5. The van der Waals surface area contributed by atoms with Gasteiger partial charge in [0, 0.05) is 26.7 Å². The number of hydrogen-bond donors (Lipinski definition) is 1. The predicted octanol–water partition coefficient (Wildman–Crippen LogP) is 1.57. The Kier molecular flexibility index (Phi) is 8.98. The highest BCUT2D eigenvalue weighted by Gasteiger charge is 2.27. The van der Waals surface area contributed by atoms with E-state index in [-0.39, 0.29) is 17.9 Å². The number of likely N-dealkylation sites (N-methyl/N-ethyl adjacent to an activating group) is 1. The molecule has 1 amide bonds. The second-order valence-corrected chi connectivity index (χ2v) is 6.98. The zero-order valence-electron chi connectivity index (χ0n) is 14.9. The lowest BCUT2D eigenvalue weighted by molar-refractivity contribution is -0.135. The molecule has 1 aliphatic heterocycles. The minimum atomic E-state index is -0.342. The van der Waals surface area contributed by atoms with Gasteiger partial charge in [-0.05, 0) is 51.1 Å². The molecule has 22 heavy (non-hydrogen) atoms. The molecule has 0 spiro atoms. The van der Waals surface area contributed by atoms with Crippen molar-refractivity contribution in [1.29, 1.82) is 0 Å². The molecule has 0 aliphatic carbocycles. The molecule has 1 heterocycles. The average Bonchev–Trinajstić information content (AvgIpc) is 2.52. The molecule has 130 valence electrons. The fourth-order valence-corrected chi connectivity index (χ4v) is 2.95. The third kappa shape index (κ3) is 6.63. The number of nitrogens with zero attached hydrogens (tertiary/aromatic N) is 2. The van der Waals surface area contributed by atoms with Crippen LogP contribution in [0.3, 0.4) is 0 Å². The molecule has 5 nitrogen and oxygen atoms in total. The Balaban J connectivity index is 2.19. The van der Waals surface area contributed by atoms with E-state index >= 15 is 0 Å². The predicted molar refractivity (Wildman–Crippen MR) is 90.7 cm³/mol. The molecule has 1 atom stereocenters. The Hall–Kier alpha value is -0.650. The van der Waals surface area contributed by atoms with E-state index in [2.05, 4.69) is 11.9 Å². The molecule has 5 heteroatoms. The summed E-state index contributed by atoms with van der Waals surface area (Å²) in [6.45, 7) is 8.70. The second-order valence-electron chi connectivity index (χ2n) is 6.98. The van der Waals surface area contributed by atoms with Gasteiger partial charge < -0.3 is 20.3 Å². The van der Waals surface area contributed by atoms with Gasteiger partial charge in [-0.15, -0.1) is 0 Å². The Morgan fingerprint density at radius 2 is 1.95 bits per heavy atom. The van der Waals surface area contributed by atoms with Gasteiger partial charge in [-0.25, -0.2) is 0 Å². The number of ether oxygens (including phenoxy) is 1. The Bertz CT molecular complexity index is 315. The van der Waals surface area contributed by atoms with Crippen molar-refractivity contribution in [3.05, 3.63) is 0 Å². The van der Waals surface area contributed by atoms with Crippen molar-refractivity contribution in [3.8, 4) is 0 Å². The highest BCUT2D eigenvalue weighted by molar-refractivity contribution is 5.82. The Labute approximate surface area is 136 Å². The highest BCUT2D eigenvalue weighted by Crippen LogP contribution is 2.22. The van der Waals surface area contributed by atoms with Gasteiger partial charge in [-0.2, -0.15) is 0 Å². The first-order valence-corrected chi connectivity index (χ1v) is 8.67. The van der Waals surface area contributed by atoms with E-state index in [1.54, 1.807) is 7.11 Å². The van der Waals surface area contributed by atoms with Crippen LogP contribution < -0.4 is 5.73 Å². The van der Waals surface area contributed by atoms with E-state index in [0.29, 0.717) is 0 Å². The number of hydrogen-bond acceptors (Lipinski definition) is 4. The van der Waals surface area contributed by atoms with Gasteiger partial charge in [0.05, 0.1) is 12.6 Å². The van der Waals surface area contributed by atoms with Gasteiger partial charge >= 0.3 is 0 Å². The molecule has 0 radical (unpaired) electrons. The molecule has 0 aromatic carbocycles. The van der Waals surface area contributed by atoms with Crippen LogP contribution in [0, 0.1) is 11.8 Å². The van der Waals surface area contributed by atoms with E-state index in [1.807, 2.05) is 18.7 Å². The monoisotopic (exact) mass is 313 g/mol.